The van der Waals surface area contributed by atoms with Gasteiger partial charge in [0, 0.05) is 30.4 Å². The molecule has 80 valence electrons. The van der Waals surface area contributed by atoms with Crippen LogP contribution in [0.4, 0.5) is 5.00 Å². The molecule has 1 aromatic heterocycles. The summed E-state index contributed by atoms with van der Waals surface area (Å²) in [6, 6.07) is 0. The van der Waals surface area contributed by atoms with Gasteiger partial charge in [0.2, 0.25) is 0 Å². The fourth-order valence-corrected chi connectivity index (χ4v) is 1.98. The van der Waals surface area contributed by atoms with Gasteiger partial charge in [0.1, 0.15) is 10.7 Å². The molecule has 0 atom stereocenters. The molecule has 0 saturated heterocycles. The summed E-state index contributed by atoms with van der Waals surface area (Å²) in [7, 11) is 2.07. The number of hydrazine groups is 1. The Labute approximate surface area is 92.2 Å². The first-order valence-corrected chi connectivity index (χ1v) is 6.40. The average Bonchev–Trinajstić information content (AvgIpc) is 2.62. The van der Waals surface area contributed by atoms with Crippen molar-refractivity contribution in [3.05, 3.63) is 5.69 Å². The van der Waals surface area contributed by atoms with E-state index in [-0.39, 0.29) is 0 Å². The molecule has 0 aliphatic carbocycles. The maximum Gasteiger partial charge on any atom is 0.148 e. The molecule has 0 fully saturated rings. The van der Waals surface area contributed by atoms with Crippen molar-refractivity contribution in [2.45, 2.75) is 6.54 Å². The minimum Gasteiger partial charge on any atom is -0.313 e. The number of thioether (sulfide) groups is 1. The Hall–Kier alpha value is -0.370. The summed E-state index contributed by atoms with van der Waals surface area (Å²) in [6.07, 6.45) is 2.10. The van der Waals surface area contributed by atoms with Crippen LogP contribution in [-0.2, 0) is 6.54 Å². The van der Waals surface area contributed by atoms with Crippen molar-refractivity contribution < 1.29 is 0 Å². The molecule has 1 heterocycles. The third-order valence-electron chi connectivity index (χ3n) is 1.78. The van der Waals surface area contributed by atoms with E-state index in [2.05, 4.69) is 33.2 Å². The van der Waals surface area contributed by atoms with Crippen LogP contribution < -0.4 is 11.3 Å². The number of rotatable bonds is 6. The Morgan fingerprint density at radius 2 is 2.43 bits per heavy atom. The molecule has 5 nitrogen and oxygen atoms in total. The second-order valence-corrected chi connectivity index (χ2v) is 4.66. The van der Waals surface area contributed by atoms with Crippen LogP contribution in [0.15, 0.2) is 0 Å². The molecular formula is C7H15N5S2. The van der Waals surface area contributed by atoms with Gasteiger partial charge in [-0.2, -0.15) is 11.8 Å². The number of aromatic nitrogens is 2. The minimum atomic E-state index is 0.788. The number of nitrogens with two attached hydrogens (primary N) is 1. The lowest BCUT2D eigenvalue weighted by atomic mass is 10.4. The fraction of sp³-hybridized carbons (Fsp3) is 0.714. The predicted octanol–water partition coefficient (Wildman–Crippen LogP) is 0.619. The normalized spacial score (nSPS) is 10.9. The van der Waals surface area contributed by atoms with Crippen molar-refractivity contribution in [3.8, 4) is 0 Å². The van der Waals surface area contributed by atoms with E-state index < -0.39 is 0 Å². The fourth-order valence-electron chi connectivity index (χ4n) is 1.00. The van der Waals surface area contributed by atoms with Gasteiger partial charge in [-0.1, -0.05) is 4.49 Å². The van der Waals surface area contributed by atoms with Crippen molar-refractivity contribution in [3.63, 3.8) is 0 Å². The predicted molar refractivity (Wildman–Crippen MR) is 62.4 cm³/mol. The van der Waals surface area contributed by atoms with E-state index in [1.54, 1.807) is 0 Å². The van der Waals surface area contributed by atoms with Gasteiger partial charge in [-0.25, -0.2) is 5.84 Å². The van der Waals surface area contributed by atoms with Crippen LogP contribution in [0, 0.1) is 0 Å². The lowest BCUT2D eigenvalue weighted by molar-refractivity contribution is 0.344. The van der Waals surface area contributed by atoms with Crippen LogP contribution in [0.25, 0.3) is 0 Å². The molecule has 1 rings (SSSR count). The number of hydrogen-bond donors (Lipinski definition) is 2. The van der Waals surface area contributed by atoms with Crippen molar-refractivity contribution in [2.75, 3.05) is 31.0 Å². The summed E-state index contributed by atoms with van der Waals surface area (Å²) in [5, 5.41) is 4.86. The Bertz CT molecular complexity index is 264. The number of nitrogens with one attached hydrogen (secondary N) is 1. The average molecular weight is 233 g/mol. The maximum absolute atomic E-state index is 5.33. The van der Waals surface area contributed by atoms with Crippen molar-refractivity contribution in [1.29, 1.82) is 0 Å². The van der Waals surface area contributed by atoms with Gasteiger partial charge in [0.25, 0.3) is 0 Å². The van der Waals surface area contributed by atoms with Crippen molar-refractivity contribution in [2.24, 2.45) is 5.84 Å². The summed E-state index contributed by atoms with van der Waals surface area (Å²) < 4.78 is 3.84. The van der Waals surface area contributed by atoms with E-state index in [4.69, 9.17) is 5.84 Å². The lowest BCUT2D eigenvalue weighted by Crippen LogP contribution is -2.22. The highest BCUT2D eigenvalue weighted by Gasteiger charge is 2.08. The van der Waals surface area contributed by atoms with Gasteiger partial charge < -0.3 is 5.43 Å². The zero-order valence-corrected chi connectivity index (χ0v) is 9.99. The maximum atomic E-state index is 5.33. The first-order chi connectivity index (χ1) is 6.77. The van der Waals surface area contributed by atoms with Crippen LogP contribution in [0.5, 0.6) is 0 Å². The summed E-state index contributed by atoms with van der Waals surface area (Å²) in [4.78, 5) is 2.20. The molecule has 0 saturated carbocycles. The molecule has 1 aromatic rings. The number of nitrogens with zero attached hydrogens (tertiary/aromatic N) is 3. The van der Waals surface area contributed by atoms with Gasteiger partial charge in [-0.3, -0.25) is 4.90 Å². The number of hydrogen-bond acceptors (Lipinski definition) is 7. The number of anilines is 1. The van der Waals surface area contributed by atoms with E-state index in [0.29, 0.717) is 0 Å². The molecule has 0 aromatic carbocycles. The highest BCUT2D eigenvalue weighted by Crippen LogP contribution is 2.17. The Balaban J connectivity index is 2.42. The van der Waals surface area contributed by atoms with Crippen LogP contribution in [0.2, 0.25) is 0 Å². The molecule has 0 aliphatic heterocycles. The second-order valence-electron chi connectivity index (χ2n) is 2.92. The van der Waals surface area contributed by atoms with Crippen LogP contribution in [0.3, 0.4) is 0 Å². The SMILES string of the molecule is CSCCN(C)Cc1nnsc1NN. The first kappa shape index (κ1) is 11.7. The Morgan fingerprint density at radius 1 is 1.64 bits per heavy atom. The lowest BCUT2D eigenvalue weighted by Gasteiger charge is -2.14. The number of nitrogen functional groups attached to an aromatic ring is 1. The quantitative estimate of drug-likeness (QED) is 0.554. The molecule has 0 radical (unpaired) electrons. The molecule has 7 heteroatoms. The van der Waals surface area contributed by atoms with Crippen molar-refractivity contribution in [1.82, 2.24) is 14.5 Å². The molecule has 3 N–H and O–H groups in total. The molecule has 0 aliphatic rings. The summed E-state index contributed by atoms with van der Waals surface area (Å²) >= 11 is 3.12. The Morgan fingerprint density at radius 3 is 3.07 bits per heavy atom. The molecule has 0 bridgehead atoms. The van der Waals surface area contributed by atoms with E-state index in [1.165, 1.54) is 11.5 Å². The second kappa shape index (κ2) is 6.18. The first-order valence-electron chi connectivity index (χ1n) is 4.23. The third-order valence-corrected chi connectivity index (χ3v) is 3.07. The van der Waals surface area contributed by atoms with Gasteiger partial charge in [0.05, 0.1) is 0 Å². The van der Waals surface area contributed by atoms with Gasteiger partial charge in [-0.15, -0.1) is 5.10 Å². The van der Waals surface area contributed by atoms with Crippen LogP contribution >= 0.6 is 23.3 Å². The Kier molecular flexibility index (Phi) is 5.16. The zero-order valence-electron chi connectivity index (χ0n) is 8.36. The van der Waals surface area contributed by atoms with Gasteiger partial charge in [-0.05, 0) is 13.3 Å². The standard InChI is InChI=1S/C7H15N5S2/c1-12(3-4-13-2)5-6-7(9-8)14-11-10-6/h9H,3-5,8H2,1-2H3. The molecule has 0 amide bonds. The monoisotopic (exact) mass is 233 g/mol. The van der Waals surface area contributed by atoms with E-state index in [0.717, 1.165) is 29.5 Å². The zero-order chi connectivity index (χ0) is 10.4. The van der Waals surface area contributed by atoms with Crippen molar-refractivity contribution >= 4 is 28.3 Å². The largest absolute Gasteiger partial charge is 0.313 e. The van der Waals surface area contributed by atoms with E-state index in [1.807, 2.05) is 11.8 Å². The molecular weight excluding hydrogens is 218 g/mol. The summed E-state index contributed by atoms with van der Waals surface area (Å²) in [5.41, 5.74) is 3.52. The highest BCUT2D eigenvalue weighted by atomic mass is 32.2. The smallest absolute Gasteiger partial charge is 0.148 e. The van der Waals surface area contributed by atoms with Crippen LogP contribution in [0.1, 0.15) is 5.69 Å². The molecule has 14 heavy (non-hydrogen) atoms. The third kappa shape index (κ3) is 3.41. The van der Waals surface area contributed by atoms with Gasteiger partial charge in [0.15, 0.2) is 0 Å². The highest BCUT2D eigenvalue weighted by molar-refractivity contribution is 7.98. The van der Waals surface area contributed by atoms with Crippen LogP contribution in [-0.4, -0.2) is 40.1 Å². The van der Waals surface area contributed by atoms with E-state index >= 15 is 0 Å². The molecule has 0 spiro atoms. The molecule has 0 unspecified atom stereocenters. The van der Waals surface area contributed by atoms with E-state index in [9.17, 15) is 0 Å². The van der Waals surface area contributed by atoms with Gasteiger partial charge >= 0.3 is 0 Å². The summed E-state index contributed by atoms with van der Waals surface area (Å²) in [6.45, 7) is 1.83. The minimum absolute atomic E-state index is 0.788. The summed E-state index contributed by atoms with van der Waals surface area (Å²) in [5.74, 6) is 6.45. The topological polar surface area (TPSA) is 67.1 Å².